The highest BCUT2D eigenvalue weighted by Crippen LogP contribution is 2.42. The molecule has 0 unspecified atom stereocenters. The third-order valence-electron chi connectivity index (χ3n) is 4.37. The Bertz CT molecular complexity index is 956. The summed E-state index contributed by atoms with van der Waals surface area (Å²) in [7, 11) is 0. The van der Waals surface area contributed by atoms with E-state index in [1.807, 2.05) is 54.6 Å². The van der Waals surface area contributed by atoms with E-state index >= 15 is 0 Å². The molecule has 1 aromatic heterocycles. The lowest BCUT2D eigenvalue weighted by Gasteiger charge is -2.30. The zero-order chi connectivity index (χ0) is 18.7. The highest BCUT2D eigenvalue weighted by Gasteiger charge is 2.42. The SMILES string of the molecule is O=[N+]([O-])c1cccnc1Nc1ccccc1C1(c2ccccc2)OCCO1. The molecule has 27 heavy (non-hydrogen) atoms. The van der Waals surface area contributed by atoms with E-state index in [9.17, 15) is 10.1 Å². The number of para-hydroxylation sites is 1. The van der Waals surface area contributed by atoms with Crippen molar-refractivity contribution in [1.82, 2.24) is 4.98 Å². The van der Waals surface area contributed by atoms with Crippen LogP contribution >= 0.6 is 0 Å². The van der Waals surface area contributed by atoms with Crippen molar-refractivity contribution < 1.29 is 14.4 Å². The molecule has 1 aliphatic heterocycles. The maximum absolute atomic E-state index is 11.3. The second kappa shape index (κ2) is 7.14. The van der Waals surface area contributed by atoms with E-state index < -0.39 is 10.7 Å². The molecule has 1 fully saturated rings. The molecule has 0 radical (unpaired) electrons. The molecule has 7 heteroatoms. The van der Waals surface area contributed by atoms with Gasteiger partial charge in [-0.05, 0) is 12.1 Å². The molecule has 0 atom stereocenters. The number of benzene rings is 2. The number of nitrogens with zero attached hydrogens (tertiary/aromatic N) is 2. The molecule has 3 aromatic rings. The van der Waals surface area contributed by atoms with Crippen molar-refractivity contribution in [3.8, 4) is 0 Å². The van der Waals surface area contributed by atoms with Crippen LogP contribution in [-0.2, 0) is 15.3 Å². The zero-order valence-electron chi connectivity index (χ0n) is 14.4. The largest absolute Gasteiger partial charge is 0.340 e. The summed E-state index contributed by atoms with van der Waals surface area (Å²) in [4.78, 5) is 15.0. The first-order valence-corrected chi connectivity index (χ1v) is 8.50. The summed E-state index contributed by atoms with van der Waals surface area (Å²) in [5.41, 5.74) is 2.11. The number of hydrogen-bond donors (Lipinski definition) is 1. The van der Waals surface area contributed by atoms with Crippen LogP contribution in [0.4, 0.5) is 17.2 Å². The van der Waals surface area contributed by atoms with E-state index in [-0.39, 0.29) is 11.5 Å². The van der Waals surface area contributed by atoms with Gasteiger partial charge in [-0.15, -0.1) is 0 Å². The van der Waals surface area contributed by atoms with Gasteiger partial charge in [0.25, 0.3) is 0 Å². The number of aromatic nitrogens is 1. The lowest BCUT2D eigenvalue weighted by Crippen LogP contribution is -2.29. The van der Waals surface area contributed by atoms with Crippen LogP contribution in [0.15, 0.2) is 72.9 Å². The van der Waals surface area contributed by atoms with Gasteiger partial charge in [0.2, 0.25) is 11.6 Å². The summed E-state index contributed by atoms with van der Waals surface area (Å²) < 4.78 is 12.1. The Morgan fingerprint density at radius 3 is 2.41 bits per heavy atom. The summed E-state index contributed by atoms with van der Waals surface area (Å²) in [6, 6.07) is 20.0. The first-order valence-electron chi connectivity index (χ1n) is 8.50. The Morgan fingerprint density at radius 1 is 0.963 bits per heavy atom. The minimum Gasteiger partial charge on any atom is -0.340 e. The van der Waals surface area contributed by atoms with E-state index in [0.29, 0.717) is 18.9 Å². The minimum atomic E-state index is -1.07. The summed E-state index contributed by atoms with van der Waals surface area (Å²) in [6.07, 6.45) is 1.51. The average molecular weight is 363 g/mol. The molecule has 1 saturated heterocycles. The van der Waals surface area contributed by atoms with Crippen LogP contribution < -0.4 is 5.32 Å². The third-order valence-corrected chi connectivity index (χ3v) is 4.37. The van der Waals surface area contributed by atoms with Crippen molar-refractivity contribution >= 4 is 17.2 Å². The molecule has 0 saturated carbocycles. The fraction of sp³-hybridized carbons (Fsp3) is 0.150. The molecule has 1 N–H and O–H groups in total. The van der Waals surface area contributed by atoms with Gasteiger partial charge >= 0.3 is 5.69 Å². The van der Waals surface area contributed by atoms with E-state index in [4.69, 9.17) is 9.47 Å². The quantitative estimate of drug-likeness (QED) is 0.545. The van der Waals surface area contributed by atoms with Crippen LogP contribution in [-0.4, -0.2) is 23.1 Å². The molecule has 0 bridgehead atoms. The number of nitro groups is 1. The van der Waals surface area contributed by atoms with Crippen LogP contribution in [0.2, 0.25) is 0 Å². The predicted octanol–water partition coefficient (Wildman–Crippen LogP) is 3.98. The van der Waals surface area contributed by atoms with Gasteiger partial charge < -0.3 is 14.8 Å². The smallest absolute Gasteiger partial charge is 0.311 e. The fourth-order valence-corrected chi connectivity index (χ4v) is 3.19. The van der Waals surface area contributed by atoms with Crippen molar-refractivity contribution in [3.63, 3.8) is 0 Å². The number of pyridine rings is 1. The number of rotatable bonds is 5. The van der Waals surface area contributed by atoms with E-state index in [0.717, 1.165) is 11.1 Å². The number of anilines is 2. The highest BCUT2D eigenvalue weighted by atomic mass is 16.7. The van der Waals surface area contributed by atoms with Crippen LogP contribution in [0.5, 0.6) is 0 Å². The van der Waals surface area contributed by atoms with Crippen LogP contribution in [0.25, 0.3) is 0 Å². The minimum absolute atomic E-state index is 0.102. The monoisotopic (exact) mass is 363 g/mol. The van der Waals surface area contributed by atoms with Crippen molar-refractivity contribution in [2.24, 2.45) is 0 Å². The van der Waals surface area contributed by atoms with E-state index in [1.165, 1.54) is 18.3 Å². The lowest BCUT2D eigenvalue weighted by molar-refractivity contribution is -0.384. The molecule has 2 heterocycles. The van der Waals surface area contributed by atoms with Gasteiger partial charge in [0, 0.05) is 29.1 Å². The van der Waals surface area contributed by atoms with Crippen LogP contribution in [0, 0.1) is 10.1 Å². The zero-order valence-corrected chi connectivity index (χ0v) is 14.4. The maximum Gasteiger partial charge on any atom is 0.311 e. The summed E-state index contributed by atoms with van der Waals surface area (Å²) in [6.45, 7) is 0.903. The fourth-order valence-electron chi connectivity index (χ4n) is 3.19. The molecule has 1 aliphatic rings. The van der Waals surface area contributed by atoms with E-state index in [2.05, 4.69) is 10.3 Å². The van der Waals surface area contributed by atoms with Crippen molar-refractivity contribution in [1.29, 1.82) is 0 Å². The predicted molar refractivity (Wildman–Crippen MR) is 99.7 cm³/mol. The van der Waals surface area contributed by atoms with Gasteiger partial charge in [0.05, 0.1) is 18.1 Å². The number of nitrogens with one attached hydrogen (secondary N) is 1. The molecular weight excluding hydrogens is 346 g/mol. The second-order valence-corrected chi connectivity index (χ2v) is 5.98. The second-order valence-electron chi connectivity index (χ2n) is 5.98. The van der Waals surface area contributed by atoms with Gasteiger partial charge in [-0.25, -0.2) is 4.98 Å². The van der Waals surface area contributed by atoms with Gasteiger partial charge in [-0.2, -0.15) is 0 Å². The summed E-state index contributed by atoms with van der Waals surface area (Å²) >= 11 is 0. The molecule has 0 amide bonds. The molecule has 2 aromatic carbocycles. The van der Waals surface area contributed by atoms with E-state index in [1.54, 1.807) is 0 Å². The number of hydrogen-bond acceptors (Lipinski definition) is 6. The normalized spacial score (nSPS) is 15.4. The molecule has 0 aliphatic carbocycles. The van der Waals surface area contributed by atoms with Crippen LogP contribution in [0.1, 0.15) is 11.1 Å². The Hall–Kier alpha value is -3.29. The molecular formula is C20H17N3O4. The van der Waals surface area contributed by atoms with Crippen LogP contribution in [0.3, 0.4) is 0 Å². The van der Waals surface area contributed by atoms with Crippen molar-refractivity contribution in [2.45, 2.75) is 5.79 Å². The summed E-state index contributed by atoms with van der Waals surface area (Å²) in [5.74, 6) is -0.912. The first kappa shape index (κ1) is 17.1. The molecule has 136 valence electrons. The standard InChI is InChI=1S/C20H17N3O4/c24-23(25)18-11-6-12-21-19(18)22-17-10-5-4-9-16(17)20(26-13-14-27-20)15-7-2-1-3-8-15/h1-12H,13-14H2,(H,21,22). The Kier molecular flexibility index (Phi) is 4.53. The third kappa shape index (κ3) is 3.14. The molecule has 0 spiro atoms. The van der Waals surface area contributed by atoms with Crippen molar-refractivity contribution in [2.75, 3.05) is 18.5 Å². The first-order chi connectivity index (χ1) is 13.2. The Labute approximate surface area is 155 Å². The lowest BCUT2D eigenvalue weighted by atomic mass is 9.95. The summed E-state index contributed by atoms with van der Waals surface area (Å²) in [5, 5.41) is 14.4. The Balaban J connectivity index is 1.81. The van der Waals surface area contributed by atoms with Gasteiger partial charge in [-0.3, -0.25) is 10.1 Å². The Morgan fingerprint density at radius 2 is 1.67 bits per heavy atom. The van der Waals surface area contributed by atoms with Crippen molar-refractivity contribution in [3.05, 3.63) is 94.2 Å². The number of ether oxygens (including phenoxy) is 2. The molecule has 7 nitrogen and oxygen atoms in total. The topological polar surface area (TPSA) is 86.5 Å². The highest BCUT2D eigenvalue weighted by molar-refractivity contribution is 5.69. The molecule has 4 rings (SSSR count). The van der Waals surface area contributed by atoms with Gasteiger partial charge in [-0.1, -0.05) is 48.5 Å². The van der Waals surface area contributed by atoms with Gasteiger partial charge in [0.1, 0.15) is 0 Å². The maximum atomic E-state index is 11.3. The average Bonchev–Trinajstić information content (AvgIpc) is 3.20. The van der Waals surface area contributed by atoms with Gasteiger partial charge in [0.15, 0.2) is 0 Å².